The fourth-order valence-corrected chi connectivity index (χ4v) is 3.86. The number of allylic oxidation sites excluding steroid dienone is 2. The minimum atomic E-state index is -0.865. The number of halogens is 1. The largest absolute Gasteiger partial charge is 0.508 e. The first-order valence-electron chi connectivity index (χ1n) is 11.4. The number of nitrogens with zero attached hydrogens (tertiary/aromatic N) is 2. The number of hydrogen-bond acceptors (Lipinski definition) is 6. The van der Waals surface area contributed by atoms with E-state index in [1.54, 1.807) is 37.7 Å². The molecule has 0 bridgehead atoms. The predicted molar refractivity (Wildman–Crippen MR) is 151 cm³/mol. The summed E-state index contributed by atoms with van der Waals surface area (Å²) in [6.07, 6.45) is 2.38. The number of likely N-dealkylation sites (N-methyl/N-ethyl adjacent to an activating group) is 1. The van der Waals surface area contributed by atoms with Crippen LogP contribution in [0.4, 0.5) is 0 Å². The van der Waals surface area contributed by atoms with Gasteiger partial charge in [0.15, 0.2) is 0 Å². The molecule has 0 fully saturated rings. The fourth-order valence-electron chi connectivity index (χ4n) is 3.15. The molecule has 2 aromatic carbocycles. The maximum Gasteiger partial charge on any atom is 0.334 e. The van der Waals surface area contributed by atoms with Gasteiger partial charge >= 0.3 is 5.97 Å². The Morgan fingerprint density at radius 1 is 1.19 bits per heavy atom. The van der Waals surface area contributed by atoms with Crippen molar-refractivity contribution < 1.29 is 19.7 Å². The molecular weight excluding hydrogens is 508 g/mol. The molecule has 0 amide bonds. The minimum Gasteiger partial charge on any atom is -0.508 e. The average molecular weight is 539 g/mol. The van der Waals surface area contributed by atoms with E-state index in [1.807, 2.05) is 61.6 Å². The maximum atomic E-state index is 11.4. The van der Waals surface area contributed by atoms with Crippen molar-refractivity contribution in [1.82, 2.24) is 9.88 Å². The van der Waals surface area contributed by atoms with Crippen molar-refractivity contribution >= 4 is 34.5 Å². The summed E-state index contributed by atoms with van der Waals surface area (Å²) < 4.78 is 4.54. The Labute approximate surface area is 227 Å². The third-order valence-electron chi connectivity index (χ3n) is 5.20. The lowest BCUT2D eigenvalue weighted by Gasteiger charge is -2.12. The van der Waals surface area contributed by atoms with Gasteiger partial charge in [0.25, 0.3) is 0 Å². The summed E-state index contributed by atoms with van der Waals surface area (Å²) >= 11 is 7.13. The fraction of sp³-hybridized carbons (Fsp3) is 0.241. The Bertz CT molecular complexity index is 1300. The van der Waals surface area contributed by atoms with Crippen LogP contribution in [0.1, 0.15) is 35.7 Å². The van der Waals surface area contributed by atoms with E-state index in [0.29, 0.717) is 22.8 Å². The van der Waals surface area contributed by atoms with E-state index >= 15 is 0 Å². The van der Waals surface area contributed by atoms with Gasteiger partial charge in [0.1, 0.15) is 11.4 Å². The van der Waals surface area contributed by atoms with Crippen molar-refractivity contribution in [3.8, 4) is 17.6 Å². The number of aliphatic carboxylic acids is 1. The maximum absolute atomic E-state index is 11.4. The number of methoxy groups -OCH3 is 1. The van der Waals surface area contributed by atoms with Crippen LogP contribution in [0.5, 0.6) is 5.75 Å². The van der Waals surface area contributed by atoms with Gasteiger partial charge in [0.2, 0.25) is 0 Å². The highest BCUT2D eigenvalue weighted by atomic mass is 35.5. The number of aromatic nitrogens is 1. The van der Waals surface area contributed by atoms with E-state index in [2.05, 4.69) is 21.6 Å². The third-order valence-corrected chi connectivity index (χ3v) is 6.02. The zero-order chi connectivity index (χ0) is 27.4. The van der Waals surface area contributed by atoms with E-state index in [9.17, 15) is 9.90 Å². The molecule has 0 spiro atoms. The SMILES string of the molecule is CCOC.CN(C)C1=C(C(=O)O)CC(c2ccc(C#Cc3cscn3)cc2)=C1.Cc1cc(Cl)ccc1O. The smallest absolute Gasteiger partial charge is 0.334 e. The summed E-state index contributed by atoms with van der Waals surface area (Å²) in [6.45, 7) is 4.58. The molecule has 2 N–H and O–H groups in total. The first kappa shape index (κ1) is 29.7. The van der Waals surface area contributed by atoms with Crippen LogP contribution in [0.2, 0.25) is 5.02 Å². The van der Waals surface area contributed by atoms with E-state index in [-0.39, 0.29) is 0 Å². The predicted octanol–water partition coefficient (Wildman–Crippen LogP) is 6.24. The van der Waals surface area contributed by atoms with Crippen molar-refractivity contribution in [3.05, 3.63) is 98.1 Å². The second-order valence-corrected chi connectivity index (χ2v) is 9.27. The van der Waals surface area contributed by atoms with Crippen molar-refractivity contribution in [1.29, 1.82) is 0 Å². The Kier molecular flexibility index (Phi) is 11.9. The second kappa shape index (κ2) is 14.9. The molecular formula is C29H31ClN2O4S. The second-order valence-electron chi connectivity index (χ2n) is 8.12. The normalized spacial score (nSPS) is 11.8. The molecule has 0 atom stereocenters. The number of carboxylic acids is 1. The van der Waals surface area contributed by atoms with E-state index in [4.69, 9.17) is 16.7 Å². The van der Waals surface area contributed by atoms with Crippen LogP contribution in [-0.4, -0.2) is 53.9 Å². The quantitative estimate of drug-likeness (QED) is 0.383. The summed E-state index contributed by atoms with van der Waals surface area (Å²) in [6, 6.07) is 12.8. The molecule has 0 radical (unpaired) electrons. The van der Waals surface area contributed by atoms with Crippen LogP contribution in [-0.2, 0) is 9.53 Å². The molecule has 0 saturated carbocycles. The number of carbonyl (C=O) groups is 1. The van der Waals surface area contributed by atoms with Gasteiger partial charge in [-0.3, -0.25) is 0 Å². The molecule has 0 saturated heterocycles. The van der Waals surface area contributed by atoms with Crippen molar-refractivity contribution in [3.63, 3.8) is 0 Å². The number of phenols is 1. The molecule has 3 aromatic rings. The Morgan fingerprint density at radius 3 is 2.32 bits per heavy atom. The van der Waals surface area contributed by atoms with Gasteiger partial charge in [-0.25, -0.2) is 9.78 Å². The van der Waals surface area contributed by atoms with Crippen LogP contribution >= 0.6 is 22.9 Å². The number of ether oxygens (including phenoxy) is 1. The van der Waals surface area contributed by atoms with Crippen LogP contribution in [0.15, 0.2) is 70.7 Å². The first-order chi connectivity index (χ1) is 17.7. The summed E-state index contributed by atoms with van der Waals surface area (Å²) in [5.41, 5.74) is 7.46. The molecule has 1 heterocycles. The van der Waals surface area contributed by atoms with Gasteiger partial charge in [-0.05, 0) is 72.9 Å². The zero-order valence-corrected chi connectivity index (χ0v) is 23.2. The number of thiazole rings is 1. The molecule has 0 unspecified atom stereocenters. The lowest BCUT2D eigenvalue weighted by molar-refractivity contribution is -0.132. The van der Waals surface area contributed by atoms with Gasteiger partial charge in [-0.2, -0.15) is 0 Å². The number of phenolic OH excluding ortho intramolecular Hbond substituents is 1. The average Bonchev–Trinajstić information content (AvgIpc) is 3.57. The molecule has 0 aliphatic heterocycles. The minimum absolute atomic E-state index is 0.291. The topological polar surface area (TPSA) is 82.9 Å². The molecule has 1 aliphatic carbocycles. The third kappa shape index (κ3) is 9.43. The highest BCUT2D eigenvalue weighted by molar-refractivity contribution is 7.07. The van der Waals surface area contributed by atoms with Gasteiger partial charge < -0.3 is 19.8 Å². The number of aryl methyl sites for hydroxylation is 1. The lowest BCUT2D eigenvalue weighted by atomic mass is 10.0. The molecule has 6 nitrogen and oxygen atoms in total. The van der Waals surface area contributed by atoms with Crippen molar-refractivity contribution in [2.75, 3.05) is 27.8 Å². The zero-order valence-electron chi connectivity index (χ0n) is 21.6. The molecule has 37 heavy (non-hydrogen) atoms. The van der Waals surface area contributed by atoms with Crippen LogP contribution < -0.4 is 0 Å². The number of carboxylic acid groups (broad SMARTS) is 1. The number of rotatable bonds is 4. The Hall–Kier alpha value is -3.57. The Morgan fingerprint density at radius 2 is 1.86 bits per heavy atom. The summed E-state index contributed by atoms with van der Waals surface area (Å²) in [5, 5.41) is 20.9. The van der Waals surface area contributed by atoms with Gasteiger partial charge in [0, 0.05) is 55.9 Å². The lowest BCUT2D eigenvalue weighted by Crippen LogP contribution is -2.13. The highest BCUT2D eigenvalue weighted by Crippen LogP contribution is 2.33. The van der Waals surface area contributed by atoms with Gasteiger partial charge in [-0.15, -0.1) is 11.3 Å². The molecule has 194 valence electrons. The van der Waals surface area contributed by atoms with Crippen molar-refractivity contribution in [2.45, 2.75) is 20.3 Å². The van der Waals surface area contributed by atoms with Crippen LogP contribution in [0, 0.1) is 18.8 Å². The molecule has 8 heteroatoms. The number of hydrogen-bond donors (Lipinski definition) is 2. The number of aromatic hydroxyl groups is 1. The monoisotopic (exact) mass is 538 g/mol. The van der Waals surface area contributed by atoms with Gasteiger partial charge in [-0.1, -0.05) is 29.7 Å². The van der Waals surface area contributed by atoms with Crippen molar-refractivity contribution in [2.24, 2.45) is 0 Å². The summed E-state index contributed by atoms with van der Waals surface area (Å²) in [7, 11) is 5.39. The molecule has 1 aliphatic rings. The van der Waals surface area contributed by atoms with E-state index in [0.717, 1.165) is 40.3 Å². The van der Waals surface area contributed by atoms with E-state index in [1.165, 1.54) is 11.3 Å². The van der Waals surface area contributed by atoms with Crippen LogP contribution in [0.25, 0.3) is 5.57 Å². The highest BCUT2D eigenvalue weighted by Gasteiger charge is 2.23. The van der Waals surface area contributed by atoms with E-state index < -0.39 is 5.97 Å². The Balaban J connectivity index is 0.000000306. The number of benzene rings is 2. The summed E-state index contributed by atoms with van der Waals surface area (Å²) in [4.78, 5) is 17.4. The first-order valence-corrected chi connectivity index (χ1v) is 12.8. The molecule has 4 rings (SSSR count). The van der Waals surface area contributed by atoms with Crippen LogP contribution in [0.3, 0.4) is 0 Å². The standard InChI is InChI=1S/C19H16N2O2S.C7H7ClO.C3H8O/c1-21(2)18-10-15(9-17(18)19(22)23)14-6-3-13(4-7-14)5-8-16-11-24-12-20-16;1-5-4-6(8)2-3-7(5)9;1-3-4-2/h3-4,6-7,10-12H,9H2,1-2H3,(H,22,23);2-4,9H,1H3;3H2,1-2H3. The summed E-state index contributed by atoms with van der Waals surface area (Å²) in [5.74, 6) is 5.52. The van der Waals surface area contributed by atoms with Gasteiger partial charge in [0.05, 0.1) is 11.1 Å². The molecule has 1 aromatic heterocycles.